The fraction of sp³-hybridized carbons (Fsp3) is 0.478. The van der Waals surface area contributed by atoms with E-state index in [1.165, 1.54) is 12.5 Å². The van der Waals surface area contributed by atoms with Gasteiger partial charge in [0.15, 0.2) is 11.6 Å². The second-order valence-corrected chi connectivity index (χ2v) is 7.25. The van der Waals surface area contributed by atoms with Gasteiger partial charge in [0.05, 0.1) is 12.7 Å². The zero-order valence-corrected chi connectivity index (χ0v) is 15.8. The third-order valence-corrected chi connectivity index (χ3v) is 5.15. The molecule has 2 aromatic rings. The van der Waals surface area contributed by atoms with Gasteiger partial charge in [-0.25, -0.2) is 8.78 Å². The molecule has 3 rings (SSSR count). The fourth-order valence-corrected chi connectivity index (χ4v) is 3.45. The molecule has 0 spiro atoms. The van der Waals surface area contributed by atoms with Crippen molar-refractivity contribution < 1.29 is 18.3 Å². The van der Waals surface area contributed by atoms with Crippen LogP contribution < -0.4 is 4.74 Å². The first-order valence-corrected chi connectivity index (χ1v) is 9.87. The van der Waals surface area contributed by atoms with Gasteiger partial charge in [0.1, 0.15) is 5.75 Å². The highest BCUT2D eigenvalue weighted by atomic mass is 19.2. The number of unbranched alkanes of at least 4 members (excludes halogenated alkanes) is 1. The lowest BCUT2D eigenvalue weighted by Gasteiger charge is -2.28. The molecule has 1 fully saturated rings. The van der Waals surface area contributed by atoms with Crippen LogP contribution in [0.25, 0.3) is 11.1 Å². The van der Waals surface area contributed by atoms with E-state index in [1.807, 2.05) is 12.1 Å². The van der Waals surface area contributed by atoms with Crippen molar-refractivity contribution in [3.8, 4) is 16.9 Å². The Labute approximate surface area is 160 Å². The SMILES string of the molecule is CCCCO[C@H]1CC[C@H](COc2[c]ccc(-c3ccc(F)c(F)c3)c2)CC1. The van der Waals surface area contributed by atoms with Crippen LogP contribution in [0.2, 0.25) is 0 Å². The molecule has 1 aliphatic rings. The van der Waals surface area contributed by atoms with Crippen molar-refractivity contribution >= 4 is 0 Å². The van der Waals surface area contributed by atoms with Crippen LogP contribution in [-0.4, -0.2) is 19.3 Å². The largest absolute Gasteiger partial charge is 0.493 e. The molecule has 1 radical (unpaired) electrons. The Bertz CT molecular complexity index is 724. The van der Waals surface area contributed by atoms with Crippen molar-refractivity contribution in [3.63, 3.8) is 0 Å². The molecule has 0 aromatic heterocycles. The van der Waals surface area contributed by atoms with Gasteiger partial charge < -0.3 is 9.47 Å². The third-order valence-electron chi connectivity index (χ3n) is 5.15. The van der Waals surface area contributed by atoms with Crippen molar-refractivity contribution in [2.75, 3.05) is 13.2 Å². The maximum absolute atomic E-state index is 13.5. The van der Waals surface area contributed by atoms with Crippen molar-refractivity contribution in [3.05, 3.63) is 54.1 Å². The summed E-state index contributed by atoms with van der Waals surface area (Å²) in [6, 6.07) is 12.4. The van der Waals surface area contributed by atoms with E-state index in [0.717, 1.165) is 50.3 Å². The van der Waals surface area contributed by atoms with E-state index in [9.17, 15) is 8.78 Å². The maximum atomic E-state index is 13.5. The first-order chi connectivity index (χ1) is 13.2. The summed E-state index contributed by atoms with van der Waals surface area (Å²) in [5.74, 6) is -0.525. The van der Waals surface area contributed by atoms with Crippen LogP contribution in [0, 0.1) is 23.6 Å². The van der Waals surface area contributed by atoms with Crippen molar-refractivity contribution in [2.24, 2.45) is 5.92 Å². The number of benzene rings is 2. The van der Waals surface area contributed by atoms with Gasteiger partial charge in [-0.3, -0.25) is 0 Å². The summed E-state index contributed by atoms with van der Waals surface area (Å²) in [6.07, 6.45) is 7.11. The first kappa shape index (κ1) is 19.8. The Morgan fingerprint density at radius 2 is 1.78 bits per heavy atom. The van der Waals surface area contributed by atoms with Gasteiger partial charge in [0, 0.05) is 12.7 Å². The van der Waals surface area contributed by atoms with E-state index in [2.05, 4.69) is 13.0 Å². The Balaban J connectivity index is 1.50. The predicted octanol–water partition coefficient (Wildman–Crippen LogP) is 6.19. The van der Waals surface area contributed by atoms with Crippen LogP contribution in [0.5, 0.6) is 5.75 Å². The van der Waals surface area contributed by atoms with Crippen LogP contribution in [-0.2, 0) is 4.74 Å². The summed E-state index contributed by atoms with van der Waals surface area (Å²) in [6.45, 7) is 3.70. The molecule has 4 heteroatoms. The molecular formula is C23H27F2O2. The number of hydrogen-bond donors (Lipinski definition) is 0. The Hall–Kier alpha value is -1.94. The van der Waals surface area contributed by atoms with Crippen LogP contribution in [0.15, 0.2) is 36.4 Å². The van der Waals surface area contributed by atoms with E-state index in [0.29, 0.717) is 29.9 Å². The molecule has 1 aliphatic carbocycles. The fourth-order valence-electron chi connectivity index (χ4n) is 3.45. The van der Waals surface area contributed by atoms with Crippen molar-refractivity contribution in [2.45, 2.75) is 51.6 Å². The van der Waals surface area contributed by atoms with Crippen LogP contribution in [0.4, 0.5) is 8.78 Å². The van der Waals surface area contributed by atoms with E-state index >= 15 is 0 Å². The molecule has 145 valence electrons. The van der Waals surface area contributed by atoms with Gasteiger partial charge in [0.2, 0.25) is 0 Å². The first-order valence-electron chi connectivity index (χ1n) is 9.87. The molecule has 0 unspecified atom stereocenters. The average molecular weight is 373 g/mol. The summed E-state index contributed by atoms with van der Waals surface area (Å²) in [7, 11) is 0. The molecule has 1 saturated carbocycles. The Kier molecular flexibility index (Phi) is 7.22. The minimum Gasteiger partial charge on any atom is -0.493 e. The summed E-state index contributed by atoms with van der Waals surface area (Å²) in [5, 5.41) is 0. The molecule has 0 heterocycles. The monoisotopic (exact) mass is 373 g/mol. The highest BCUT2D eigenvalue weighted by molar-refractivity contribution is 5.64. The summed E-state index contributed by atoms with van der Waals surface area (Å²) in [4.78, 5) is 0. The highest BCUT2D eigenvalue weighted by Gasteiger charge is 2.22. The lowest BCUT2D eigenvalue weighted by Crippen LogP contribution is -2.25. The number of rotatable bonds is 8. The minimum absolute atomic E-state index is 0.399. The second-order valence-electron chi connectivity index (χ2n) is 7.25. The zero-order chi connectivity index (χ0) is 19.1. The smallest absolute Gasteiger partial charge is 0.159 e. The zero-order valence-electron chi connectivity index (χ0n) is 15.8. The predicted molar refractivity (Wildman–Crippen MR) is 103 cm³/mol. The molecule has 2 aromatic carbocycles. The number of hydrogen-bond acceptors (Lipinski definition) is 2. The van der Waals surface area contributed by atoms with E-state index in [4.69, 9.17) is 9.47 Å². The van der Waals surface area contributed by atoms with Gasteiger partial charge in [-0.05, 0) is 73.4 Å². The lowest BCUT2D eigenvalue weighted by molar-refractivity contribution is 0.0116. The average Bonchev–Trinajstić information content (AvgIpc) is 2.70. The van der Waals surface area contributed by atoms with Crippen molar-refractivity contribution in [1.82, 2.24) is 0 Å². The quantitative estimate of drug-likeness (QED) is 0.514. The topological polar surface area (TPSA) is 18.5 Å². The minimum atomic E-state index is -0.847. The van der Waals surface area contributed by atoms with E-state index < -0.39 is 11.6 Å². The molecule has 0 N–H and O–H groups in total. The molecular weight excluding hydrogens is 346 g/mol. The molecule has 27 heavy (non-hydrogen) atoms. The van der Waals surface area contributed by atoms with Gasteiger partial charge >= 0.3 is 0 Å². The van der Waals surface area contributed by atoms with Gasteiger partial charge in [-0.1, -0.05) is 25.5 Å². The Morgan fingerprint density at radius 3 is 2.52 bits per heavy atom. The standard InChI is InChI=1S/C23H27F2O2/c1-2-3-13-26-20-10-7-17(8-11-20)16-27-21-6-4-5-18(14-21)19-9-12-22(24)23(25)15-19/h4-5,9,12,14-15,17,20H,2-3,7-8,10-11,13,16H2,1H3/t17-,20-. The molecule has 0 amide bonds. The van der Waals surface area contributed by atoms with Crippen molar-refractivity contribution in [1.29, 1.82) is 0 Å². The third kappa shape index (κ3) is 5.77. The van der Waals surface area contributed by atoms with Crippen LogP contribution in [0.3, 0.4) is 0 Å². The maximum Gasteiger partial charge on any atom is 0.159 e. The molecule has 0 bridgehead atoms. The van der Waals surface area contributed by atoms with Crippen LogP contribution >= 0.6 is 0 Å². The van der Waals surface area contributed by atoms with Crippen LogP contribution in [0.1, 0.15) is 45.4 Å². The summed E-state index contributed by atoms with van der Waals surface area (Å²) >= 11 is 0. The highest BCUT2D eigenvalue weighted by Crippen LogP contribution is 2.29. The summed E-state index contributed by atoms with van der Waals surface area (Å²) in [5.41, 5.74) is 1.41. The van der Waals surface area contributed by atoms with E-state index in [-0.39, 0.29) is 0 Å². The van der Waals surface area contributed by atoms with Gasteiger partial charge in [-0.15, -0.1) is 0 Å². The normalized spacial score (nSPS) is 19.8. The second kappa shape index (κ2) is 9.84. The van der Waals surface area contributed by atoms with E-state index in [1.54, 1.807) is 12.1 Å². The molecule has 0 aliphatic heterocycles. The molecule has 0 saturated heterocycles. The lowest BCUT2D eigenvalue weighted by atomic mass is 9.88. The van der Waals surface area contributed by atoms with Gasteiger partial charge in [0.25, 0.3) is 0 Å². The summed E-state index contributed by atoms with van der Waals surface area (Å²) < 4.78 is 38.4. The number of halogens is 2. The van der Waals surface area contributed by atoms with Gasteiger partial charge in [-0.2, -0.15) is 0 Å². The molecule has 0 atom stereocenters. The number of ether oxygens (including phenoxy) is 2. The Morgan fingerprint density at radius 1 is 1.00 bits per heavy atom. The molecule has 2 nitrogen and oxygen atoms in total.